The van der Waals surface area contributed by atoms with Crippen LogP contribution in [0.15, 0.2) is 35.3 Å². The maximum absolute atomic E-state index is 12.3. The van der Waals surface area contributed by atoms with Crippen molar-refractivity contribution in [3.63, 3.8) is 0 Å². The van der Waals surface area contributed by atoms with Crippen molar-refractivity contribution in [2.75, 3.05) is 19.6 Å². The van der Waals surface area contributed by atoms with Crippen molar-refractivity contribution in [1.82, 2.24) is 20.0 Å². The second kappa shape index (κ2) is 6.91. The number of likely N-dealkylation sites (tertiary alicyclic amines) is 1. The molecule has 0 aliphatic carbocycles. The number of aromatic nitrogens is 2. The second-order valence-corrected chi connectivity index (χ2v) is 6.09. The van der Waals surface area contributed by atoms with Gasteiger partial charge in [0.05, 0.1) is 11.6 Å². The van der Waals surface area contributed by atoms with Gasteiger partial charge in [0.2, 0.25) is 5.91 Å². The molecule has 1 aliphatic heterocycles. The van der Waals surface area contributed by atoms with Gasteiger partial charge in [0.15, 0.2) is 0 Å². The van der Waals surface area contributed by atoms with Gasteiger partial charge in [-0.2, -0.15) is 5.10 Å². The Morgan fingerprint density at radius 3 is 2.83 bits per heavy atom. The van der Waals surface area contributed by atoms with Gasteiger partial charge in [-0.05, 0) is 38.9 Å². The molecule has 0 radical (unpaired) electrons. The Hall–Kier alpha value is -2.21. The van der Waals surface area contributed by atoms with Gasteiger partial charge in [0.1, 0.15) is 6.54 Å². The van der Waals surface area contributed by atoms with Gasteiger partial charge >= 0.3 is 0 Å². The molecule has 1 fully saturated rings. The van der Waals surface area contributed by atoms with Crippen molar-refractivity contribution < 1.29 is 4.79 Å². The SMILES string of the molecule is C[C@@H](CNC(=O)Cn1ncc2ccccc2c1=O)N1CCCC1. The largest absolute Gasteiger partial charge is 0.353 e. The van der Waals surface area contributed by atoms with Crippen LogP contribution < -0.4 is 10.9 Å². The highest BCUT2D eigenvalue weighted by molar-refractivity contribution is 5.81. The van der Waals surface area contributed by atoms with Crippen molar-refractivity contribution in [2.45, 2.75) is 32.4 Å². The van der Waals surface area contributed by atoms with Crippen LogP contribution in [0.25, 0.3) is 10.8 Å². The number of amides is 1. The third kappa shape index (κ3) is 3.59. The quantitative estimate of drug-likeness (QED) is 0.894. The standard InChI is InChI=1S/C17H22N4O2/c1-13(20-8-4-5-9-20)10-18-16(22)12-21-17(23)15-7-3-2-6-14(15)11-19-21/h2-3,6-7,11,13H,4-5,8-10,12H2,1H3,(H,18,22)/t13-/m0/s1. The minimum Gasteiger partial charge on any atom is -0.353 e. The van der Waals surface area contributed by atoms with Crippen LogP contribution in [0.5, 0.6) is 0 Å². The summed E-state index contributed by atoms with van der Waals surface area (Å²) in [6, 6.07) is 7.59. The summed E-state index contributed by atoms with van der Waals surface area (Å²) < 4.78 is 1.22. The topological polar surface area (TPSA) is 67.2 Å². The third-order valence-electron chi connectivity index (χ3n) is 4.41. The number of rotatable bonds is 5. The normalized spacial score (nSPS) is 16.6. The van der Waals surface area contributed by atoms with E-state index >= 15 is 0 Å². The zero-order valence-corrected chi connectivity index (χ0v) is 13.4. The number of carbonyl (C=O) groups is 1. The highest BCUT2D eigenvalue weighted by Gasteiger charge is 2.18. The summed E-state index contributed by atoms with van der Waals surface area (Å²) in [7, 11) is 0. The van der Waals surface area contributed by atoms with E-state index in [1.807, 2.05) is 18.2 Å². The molecule has 2 aromatic rings. The first-order valence-corrected chi connectivity index (χ1v) is 8.11. The van der Waals surface area contributed by atoms with Gasteiger partial charge in [-0.1, -0.05) is 18.2 Å². The minimum atomic E-state index is -0.231. The fourth-order valence-electron chi connectivity index (χ4n) is 3.01. The van der Waals surface area contributed by atoms with E-state index < -0.39 is 0 Å². The van der Waals surface area contributed by atoms with E-state index in [4.69, 9.17) is 0 Å². The van der Waals surface area contributed by atoms with Gasteiger partial charge in [-0.25, -0.2) is 4.68 Å². The highest BCUT2D eigenvalue weighted by Crippen LogP contribution is 2.10. The molecule has 1 aliphatic rings. The van der Waals surface area contributed by atoms with Crippen molar-refractivity contribution >= 4 is 16.7 Å². The maximum atomic E-state index is 12.3. The molecule has 6 nitrogen and oxygen atoms in total. The zero-order chi connectivity index (χ0) is 16.2. The lowest BCUT2D eigenvalue weighted by Crippen LogP contribution is -2.42. The monoisotopic (exact) mass is 314 g/mol. The second-order valence-electron chi connectivity index (χ2n) is 6.09. The van der Waals surface area contributed by atoms with E-state index in [-0.39, 0.29) is 18.0 Å². The Kier molecular flexibility index (Phi) is 4.71. The van der Waals surface area contributed by atoms with Crippen molar-refractivity contribution in [3.05, 3.63) is 40.8 Å². The third-order valence-corrected chi connectivity index (χ3v) is 4.41. The van der Waals surface area contributed by atoms with Crippen LogP contribution in [0.1, 0.15) is 19.8 Å². The number of carbonyl (C=O) groups excluding carboxylic acids is 1. The smallest absolute Gasteiger partial charge is 0.275 e. The summed E-state index contributed by atoms with van der Waals surface area (Å²) in [6.07, 6.45) is 4.08. The summed E-state index contributed by atoms with van der Waals surface area (Å²) in [4.78, 5) is 26.8. The molecule has 1 saturated heterocycles. The molecule has 0 unspecified atom stereocenters. The van der Waals surface area contributed by atoms with Gasteiger partial charge in [0.25, 0.3) is 5.56 Å². The number of hydrogen-bond donors (Lipinski definition) is 1. The van der Waals surface area contributed by atoms with Crippen LogP contribution >= 0.6 is 0 Å². The molecule has 1 N–H and O–H groups in total. The van der Waals surface area contributed by atoms with E-state index in [0.29, 0.717) is 18.0 Å². The predicted octanol–water partition coefficient (Wildman–Crippen LogP) is 0.997. The van der Waals surface area contributed by atoms with Crippen molar-refractivity contribution in [1.29, 1.82) is 0 Å². The minimum absolute atomic E-state index is 0.0453. The number of fused-ring (bicyclic) bond motifs is 1. The molecule has 0 spiro atoms. The summed E-state index contributed by atoms with van der Waals surface area (Å²) in [6.45, 7) is 4.87. The first-order valence-electron chi connectivity index (χ1n) is 8.11. The van der Waals surface area contributed by atoms with Gasteiger partial charge in [0, 0.05) is 18.0 Å². The molecule has 2 heterocycles. The first kappa shape index (κ1) is 15.7. The molecule has 0 bridgehead atoms. The number of hydrogen-bond acceptors (Lipinski definition) is 4. The van der Waals surface area contributed by atoms with Crippen LogP contribution in [0.4, 0.5) is 0 Å². The summed E-state index contributed by atoms with van der Waals surface area (Å²) in [5.41, 5.74) is -0.231. The van der Waals surface area contributed by atoms with Crippen molar-refractivity contribution in [3.8, 4) is 0 Å². The van der Waals surface area contributed by atoms with E-state index in [0.717, 1.165) is 18.5 Å². The highest BCUT2D eigenvalue weighted by atomic mass is 16.2. The van der Waals surface area contributed by atoms with E-state index in [9.17, 15) is 9.59 Å². The van der Waals surface area contributed by atoms with Gasteiger partial charge < -0.3 is 5.32 Å². The average Bonchev–Trinajstić information content (AvgIpc) is 3.10. The Labute approximate surface area is 135 Å². The van der Waals surface area contributed by atoms with Crippen LogP contribution in [0.2, 0.25) is 0 Å². The molecule has 6 heteroatoms. The number of nitrogens with zero attached hydrogens (tertiary/aromatic N) is 3. The maximum Gasteiger partial charge on any atom is 0.275 e. The Bertz CT molecular complexity index is 750. The molecular weight excluding hydrogens is 292 g/mol. The fourth-order valence-corrected chi connectivity index (χ4v) is 3.01. The van der Waals surface area contributed by atoms with Crippen LogP contribution in [0, 0.1) is 0 Å². The zero-order valence-electron chi connectivity index (χ0n) is 13.4. The summed E-state index contributed by atoms with van der Waals surface area (Å²) in [5.74, 6) is -0.180. The lowest BCUT2D eigenvalue weighted by Gasteiger charge is -2.23. The van der Waals surface area contributed by atoms with Crippen LogP contribution in [-0.2, 0) is 11.3 Å². The molecule has 23 heavy (non-hydrogen) atoms. The van der Waals surface area contributed by atoms with E-state index in [1.165, 1.54) is 17.5 Å². The number of benzene rings is 1. The summed E-state index contributed by atoms with van der Waals surface area (Å²) >= 11 is 0. The molecular formula is C17H22N4O2. The fraction of sp³-hybridized carbons (Fsp3) is 0.471. The van der Waals surface area contributed by atoms with E-state index in [1.54, 1.807) is 12.3 Å². The Balaban J connectivity index is 1.61. The molecule has 122 valence electrons. The Morgan fingerprint density at radius 1 is 1.30 bits per heavy atom. The van der Waals surface area contributed by atoms with Gasteiger partial charge in [-0.3, -0.25) is 14.5 Å². The lowest BCUT2D eigenvalue weighted by atomic mass is 10.2. The van der Waals surface area contributed by atoms with Gasteiger partial charge in [-0.15, -0.1) is 0 Å². The Morgan fingerprint density at radius 2 is 2.04 bits per heavy atom. The van der Waals surface area contributed by atoms with Crippen LogP contribution in [-0.4, -0.2) is 46.3 Å². The van der Waals surface area contributed by atoms with Crippen molar-refractivity contribution in [2.24, 2.45) is 0 Å². The number of nitrogens with one attached hydrogen (secondary N) is 1. The lowest BCUT2D eigenvalue weighted by molar-refractivity contribution is -0.122. The molecule has 1 amide bonds. The molecule has 0 saturated carbocycles. The van der Waals surface area contributed by atoms with E-state index in [2.05, 4.69) is 22.2 Å². The average molecular weight is 314 g/mol. The predicted molar refractivity (Wildman–Crippen MR) is 89.3 cm³/mol. The molecule has 1 aromatic carbocycles. The molecule has 1 aromatic heterocycles. The van der Waals surface area contributed by atoms with Crippen LogP contribution in [0.3, 0.4) is 0 Å². The molecule has 1 atom stereocenters. The molecule has 3 rings (SSSR count). The summed E-state index contributed by atoms with van der Waals surface area (Å²) in [5, 5.41) is 8.36. The first-order chi connectivity index (χ1) is 11.1.